The van der Waals surface area contributed by atoms with Gasteiger partial charge in [-0.2, -0.15) is 0 Å². The smallest absolute Gasteiger partial charge is 0.306 e. The number of methoxy groups -OCH3 is 1. The first kappa shape index (κ1) is 19.6. The highest BCUT2D eigenvalue weighted by atomic mass is 16.6. The molecule has 3 rings (SSSR count). The molecule has 1 aromatic carbocycles. The fraction of sp³-hybridized carbons (Fsp3) is 0.600. The van der Waals surface area contributed by atoms with Crippen LogP contribution in [0.4, 0.5) is 0 Å². The van der Waals surface area contributed by atoms with Gasteiger partial charge in [-0.15, -0.1) is 0 Å². The number of fused-ring (bicyclic) bond motifs is 1. The van der Waals surface area contributed by atoms with Gasteiger partial charge in [-0.05, 0) is 30.7 Å². The molecule has 27 heavy (non-hydrogen) atoms. The van der Waals surface area contributed by atoms with E-state index in [1.807, 2.05) is 24.3 Å². The molecular formula is C20H26O7. The van der Waals surface area contributed by atoms with Gasteiger partial charge in [-0.3, -0.25) is 9.59 Å². The number of rotatable bonds is 9. The summed E-state index contributed by atoms with van der Waals surface area (Å²) in [6.07, 6.45) is 1.09. The van der Waals surface area contributed by atoms with Crippen LogP contribution >= 0.6 is 0 Å². The molecule has 1 heterocycles. The Labute approximate surface area is 158 Å². The Kier molecular flexibility index (Phi) is 6.68. The average molecular weight is 378 g/mol. The minimum absolute atomic E-state index is 0.0289. The normalized spacial score (nSPS) is 25.0. The molecule has 0 amide bonds. The number of para-hydroxylation sites is 1. The van der Waals surface area contributed by atoms with Crippen LogP contribution in [0, 0.1) is 11.8 Å². The minimum atomic E-state index is -1.02. The second-order valence-electron chi connectivity index (χ2n) is 7.09. The number of hydrogen-bond acceptors (Lipinski definition) is 6. The third kappa shape index (κ3) is 5.20. The van der Waals surface area contributed by atoms with Crippen molar-refractivity contribution in [3.63, 3.8) is 0 Å². The van der Waals surface area contributed by atoms with Crippen molar-refractivity contribution in [2.24, 2.45) is 11.8 Å². The first-order valence-corrected chi connectivity index (χ1v) is 9.30. The number of carbonyl (C=O) groups excluding carboxylic acids is 1. The fourth-order valence-electron chi connectivity index (χ4n) is 3.86. The molecule has 7 heteroatoms. The largest absolute Gasteiger partial charge is 0.496 e. The minimum Gasteiger partial charge on any atom is -0.496 e. The quantitative estimate of drug-likeness (QED) is 0.660. The van der Waals surface area contributed by atoms with Gasteiger partial charge in [0.15, 0.2) is 0 Å². The lowest BCUT2D eigenvalue weighted by atomic mass is 10.0. The average Bonchev–Trinajstić information content (AvgIpc) is 3.25. The summed E-state index contributed by atoms with van der Waals surface area (Å²) in [5.41, 5.74) is 0.819. The Morgan fingerprint density at radius 1 is 1.19 bits per heavy atom. The number of carbonyl (C=O) groups is 2. The third-order valence-electron chi connectivity index (χ3n) is 5.24. The Hall–Kier alpha value is -2.12. The SMILES string of the molecule is COc1ccccc1C(COC(=O)CCC(=O)O)OC1CC2COCC2C1. The van der Waals surface area contributed by atoms with Crippen molar-refractivity contribution in [1.29, 1.82) is 0 Å². The van der Waals surface area contributed by atoms with E-state index in [4.69, 9.17) is 24.1 Å². The molecule has 1 aromatic rings. The van der Waals surface area contributed by atoms with Crippen LogP contribution in [0.15, 0.2) is 24.3 Å². The van der Waals surface area contributed by atoms with Crippen molar-refractivity contribution in [3.8, 4) is 5.75 Å². The highest BCUT2D eigenvalue weighted by molar-refractivity contribution is 5.76. The van der Waals surface area contributed by atoms with Gasteiger partial charge in [-0.1, -0.05) is 18.2 Å². The molecule has 0 spiro atoms. The molecule has 2 fully saturated rings. The van der Waals surface area contributed by atoms with E-state index in [2.05, 4.69) is 0 Å². The van der Waals surface area contributed by atoms with Crippen LogP contribution in [0.25, 0.3) is 0 Å². The molecular weight excluding hydrogens is 352 g/mol. The predicted molar refractivity (Wildman–Crippen MR) is 95.5 cm³/mol. The number of hydrogen-bond donors (Lipinski definition) is 1. The highest BCUT2D eigenvalue weighted by Crippen LogP contribution is 2.40. The molecule has 0 bridgehead atoms. The number of ether oxygens (including phenoxy) is 4. The Bertz CT molecular complexity index is 647. The monoisotopic (exact) mass is 378 g/mol. The summed E-state index contributed by atoms with van der Waals surface area (Å²) in [6, 6.07) is 7.50. The van der Waals surface area contributed by atoms with E-state index in [1.54, 1.807) is 7.11 Å². The van der Waals surface area contributed by atoms with Gasteiger partial charge in [0, 0.05) is 18.8 Å². The molecule has 3 atom stereocenters. The zero-order valence-electron chi connectivity index (χ0n) is 15.5. The second-order valence-corrected chi connectivity index (χ2v) is 7.09. The van der Waals surface area contributed by atoms with E-state index in [0.29, 0.717) is 17.6 Å². The zero-order chi connectivity index (χ0) is 19.2. The molecule has 0 aromatic heterocycles. The number of benzene rings is 1. The Morgan fingerprint density at radius 3 is 2.56 bits per heavy atom. The van der Waals surface area contributed by atoms with Crippen LogP contribution in [-0.2, 0) is 23.8 Å². The summed E-state index contributed by atoms with van der Waals surface area (Å²) in [5.74, 6) is 0.172. The van der Waals surface area contributed by atoms with E-state index in [9.17, 15) is 9.59 Å². The molecule has 3 unspecified atom stereocenters. The molecule has 0 radical (unpaired) electrons. The maximum absolute atomic E-state index is 11.8. The summed E-state index contributed by atoms with van der Waals surface area (Å²) in [5, 5.41) is 8.70. The van der Waals surface area contributed by atoms with Gasteiger partial charge in [0.25, 0.3) is 0 Å². The van der Waals surface area contributed by atoms with E-state index in [-0.39, 0.29) is 25.6 Å². The van der Waals surface area contributed by atoms with Crippen molar-refractivity contribution < 1.29 is 33.6 Å². The number of esters is 1. The standard InChI is InChI=1S/C20H26O7/c1-24-17-5-3-2-4-16(17)18(12-26-20(23)7-6-19(21)22)27-15-8-13-10-25-11-14(13)9-15/h2-5,13-15,18H,6-12H2,1H3,(H,21,22). The molecule has 1 aliphatic heterocycles. The third-order valence-corrected chi connectivity index (χ3v) is 5.24. The lowest BCUT2D eigenvalue weighted by Gasteiger charge is -2.24. The summed E-state index contributed by atoms with van der Waals surface area (Å²) in [7, 11) is 1.59. The second kappa shape index (κ2) is 9.19. The van der Waals surface area contributed by atoms with E-state index in [0.717, 1.165) is 31.6 Å². The summed E-state index contributed by atoms with van der Waals surface area (Å²) in [4.78, 5) is 22.5. The lowest BCUT2D eigenvalue weighted by Crippen LogP contribution is -2.22. The van der Waals surface area contributed by atoms with Crippen LogP contribution in [0.5, 0.6) is 5.75 Å². The summed E-state index contributed by atoms with van der Waals surface area (Å²) >= 11 is 0. The predicted octanol–water partition coefficient (Wildman–Crippen LogP) is 2.59. The lowest BCUT2D eigenvalue weighted by molar-refractivity contribution is -0.152. The maximum Gasteiger partial charge on any atom is 0.306 e. The van der Waals surface area contributed by atoms with Crippen molar-refractivity contribution in [2.75, 3.05) is 26.9 Å². The first-order valence-electron chi connectivity index (χ1n) is 9.30. The number of carboxylic acid groups (broad SMARTS) is 1. The van der Waals surface area contributed by atoms with Crippen LogP contribution in [-0.4, -0.2) is 50.1 Å². The van der Waals surface area contributed by atoms with Crippen LogP contribution in [0.2, 0.25) is 0 Å². The number of carboxylic acids is 1. The number of aliphatic carboxylic acids is 1. The van der Waals surface area contributed by atoms with Crippen LogP contribution in [0.1, 0.15) is 37.4 Å². The fourth-order valence-corrected chi connectivity index (χ4v) is 3.86. The zero-order valence-corrected chi connectivity index (χ0v) is 15.5. The van der Waals surface area contributed by atoms with Crippen LogP contribution in [0.3, 0.4) is 0 Å². The van der Waals surface area contributed by atoms with Gasteiger partial charge >= 0.3 is 11.9 Å². The van der Waals surface area contributed by atoms with Crippen LogP contribution < -0.4 is 4.74 Å². The molecule has 1 N–H and O–H groups in total. The van der Waals surface area contributed by atoms with Gasteiger partial charge in [0.05, 0.1) is 26.1 Å². The molecule has 2 aliphatic rings. The molecule has 1 saturated carbocycles. The molecule has 1 aliphatic carbocycles. The molecule has 148 valence electrons. The van der Waals surface area contributed by atoms with Gasteiger partial charge in [-0.25, -0.2) is 0 Å². The first-order chi connectivity index (χ1) is 13.1. The van der Waals surface area contributed by atoms with E-state index >= 15 is 0 Å². The Morgan fingerprint density at radius 2 is 1.89 bits per heavy atom. The van der Waals surface area contributed by atoms with Gasteiger partial charge < -0.3 is 24.1 Å². The summed E-state index contributed by atoms with van der Waals surface area (Å²) < 4.78 is 22.6. The highest BCUT2D eigenvalue weighted by Gasteiger charge is 2.40. The van der Waals surface area contributed by atoms with Crippen molar-refractivity contribution in [1.82, 2.24) is 0 Å². The van der Waals surface area contributed by atoms with Crippen molar-refractivity contribution in [2.45, 2.75) is 37.9 Å². The van der Waals surface area contributed by atoms with E-state index in [1.165, 1.54) is 0 Å². The van der Waals surface area contributed by atoms with Crippen molar-refractivity contribution in [3.05, 3.63) is 29.8 Å². The summed E-state index contributed by atoms with van der Waals surface area (Å²) in [6.45, 7) is 1.60. The van der Waals surface area contributed by atoms with Gasteiger partial charge in [0.1, 0.15) is 18.5 Å². The Balaban J connectivity index is 1.65. The molecule has 1 saturated heterocycles. The molecule has 7 nitrogen and oxygen atoms in total. The van der Waals surface area contributed by atoms with Crippen molar-refractivity contribution >= 4 is 11.9 Å². The van der Waals surface area contributed by atoms with Gasteiger partial charge in [0.2, 0.25) is 0 Å². The maximum atomic E-state index is 11.8. The van der Waals surface area contributed by atoms with E-state index < -0.39 is 18.0 Å². The topological polar surface area (TPSA) is 91.3 Å².